The van der Waals surface area contributed by atoms with E-state index < -0.39 is 0 Å². The Morgan fingerprint density at radius 2 is 1.41 bits per heavy atom. The van der Waals surface area contributed by atoms with Crippen LogP contribution in [-0.2, 0) is 0 Å². The summed E-state index contributed by atoms with van der Waals surface area (Å²) in [5, 5.41) is 10.8. The predicted octanol–water partition coefficient (Wildman–Crippen LogP) is -0.350. The Morgan fingerprint density at radius 1 is 0.941 bits per heavy atom. The lowest BCUT2D eigenvalue weighted by Gasteiger charge is -2.56. The summed E-state index contributed by atoms with van der Waals surface area (Å²) in [4.78, 5) is 3.67. The average Bonchev–Trinajstić information content (AvgIpc) is 2.28. The van der Waals surface area contributed by atoms with Gasteiger partial charge in [-0.2, -0.15) is 0 Å². The van der Waals surface area contributed by atoms with Crippen molar-refractivity contribution in [2.75, 3.05) is 14.1 Å². The van der Waals surface area contributed by atoms with Crippen molar-refractivity contribution in [1.29, 1.82) is 0 Å². The third-order valence-electron chi connectivity index (χ3n) is 3.95. The Labute approximate surface area is 109 Å². The zero-order chi connectivity index (χ0) is 13.2. The van der Waals surface area contributed by atoms with Crippen molar-refractivity contribution in [2.24, 2.45) is 0 Å². The number of rotatable bonds is 4. The van der Waals surface area contributed by atoms with Gasteiger partial charge in [0.05, 0.1) is 21.7 Å². The maximum absolute atomic E-state index is 3.81. The maximum Gasteiger partial charge on any atom is 0.0999 e. The van der Waals surface area contributed by atoms with Crippen LogP contribution in [0.1, 0.15) is 46.5 Å². The Balaban J connectivity index is 3.06. The third-order valence-corrected chi connectivity index (χ3v) is 4.80. The van der Waals surface area contributed by atoms with Gasteiger partial charge in [0.15, 0.2) is 0 Å². The average molecular weight is 258 g/mol. The molecule has 17 heavy (non-hydrogen) atoms. The summed E-state index contributed by atoms with van der Waals surface area (Å²) in [5.41, 5.74) is 0.00715. The molecule has 0 heterocycles. The van der Waals surface area contributed by atoms with Gasteiger partial charge in [0, 0.05) is 5.54 Å². The van der Waals surface area contributed by atoms with Gasteiger partial charge in [0.25, 0.3) is 0 Å². The summed E-state index contributed by atoms with van der Waals surface area (Å²) < 4.78 is 0. The molecule has 0 aromatic rings. The number of nitrogens with one attached hydrogen (secondary N) is 4. The SMILES string of the molecule is CNC1(NC)CCCCC1(N[SiH3])NC(C)(C)C. The summed E-state index contributed by atoms with van der Waals surface area (Å²) in [5.74, 6) is 0. The minimum Gasteiger partial charge on any atom is -0.326 e. The highest BCUT2D eigenvalue weighted by molar-refractivity contribution is 6.05. The zero-order valence-corrected chi connectivity index (χ0v) is 14.3. The zero-order valence-electron chi connectivity index (χ0n) is 12.3. The minimum absolute atomic E-state index is 0.0424. The molecule has 1 unspecified atom stereocenters. The maximum atomic E-state index is 3.81. The quantitative estimate of drug-likeness (QED) is 0.411. The molecule has 1 atom stereocenters. The first-order chi connectivity index (χ1) is 7.85. The Hall–Kier alpha value is 0.0569. The molecule has 4 nitrogen and oxygen atoms in total. The van der Waals surface area contributed by atoms with E-state index in [1.54, 1.807) is 0 Å². The van der Waals surface area contributed by atoms with Crippen LogP contribution in [-0.4, -0.2) is 41.4 Å². The molecule has 1 fully saturated rings. The molecule has 0 aliphatic heterocycles. The molecule has 0 aromatic carbocycles. The molecule has 102 valence electrons. The first-order valence-electron chi connectivity index (χ1n) is 6.71. The van der Waals surface area contributed by atoms with E-state index in [2.05, 4.69) is 55.8 Å². The fourth-order valence-electron chi connectivity index (χ4n) is 3.22. The predicted molar refractivity (Wildman–Crippen MR) is 78.0 cm³/mol. The van der Waals surface area contributed by atoms with E-state index >= 15 is 0 Å². The van der Waals surface area contributed by atoms with Crippen LogP contribution in [0.4, 0.5) is 0 Å². The van der Waals surface area contributed by atoms with E-state index in [-0.39, 0.29) is 16.9 Å². The first kappa shape index (κ1) is 15.1. The van der Waals surface area contributed by atoms with E-state index in [9.17, 15) is 0 Å². The standard InChI is InChI=1S/C12H30N4Si/c1-10(2,3)15-12(16-17)9-7-6-8-11(12,13-4)14-5/h13-16H,6-9H2,1-5,17H3. The molecule has 0 amide bonds. The topological polar surface area (TPSA) is 48.1 Å². The molecule has 1 aliphatic rings. The summed E-state index contributed by atoms with van der Waals surface area (Å²) in [6.45, 7) is 6.70. The highest BCUT2D eigenvalue weighted by Crippen LogP contribution is 2.34. The lowest BCUT2D eigenvalue weighted by molar-refractivity contribution is 0.0256. The van der Waals surface area contributed by atoms with E-state index in [1.165, 1.54) is 12.8 Å². The largest absolute Gasteiger partial charge is 0.326 e. The molecule has 1 saturated carbocycles. The Morgan fingerprint density at radius 3 is 1.76 bits per heavy atom. The second kappa shape index (κ2) is 5.36. The summed E-state index contributed by atoms with van der Waals surface area (Å²) >= 11 is 0. The molecule has 1 rings (SSSR count). The van der Waals surface area contributed by atoms with Gasteiger partial charge >= 0.3 is 0 Å². The van der Waals surface area contributed by atoms with Crippen LogP contribution in [0.25, 0.3) is 0 Å². The number of likely N-dealkylation sites (N-methyl/N-ethyl adjacent to an activating group) is 2. The van der Waals surface area contributed by atoms with Crippen molar-refractivity contribution in [3.8, 4) is 0 Å². The fraction of sp³-hybridized carbons (Fsp3) is 1.00. The first-order valence-corrected chi connectivity index (χ1v) is 7.71. The highest BCUT2D eigenvalue weighted by atomic mass is 28.2. The van der Waals surface area contributed by atoms with E-state index in [1.807, 2.05) is 0 Å². The van der Waals surface area contributed by atoms with Gasteiger partial charge < -0.3 is 4.98 Å². The molecular weight excluding hydrogens is 228 g/mol. The second-order valence-corrected chi connectivity index (χ2v) is 6.64. The lowest BCUT2D eigenvalue weighted by atomic mass is 9.77. The third kappa shape index (κ3) is 2.90. The van der Waals surface area contributed by atoms with E-state index in [4.69, 9.17) is 0 Å². The Bertz CT molecular complexity index is 247. The van der Waals surface area contributed by atoms with Crippen molar-refractivity contribution in [3.63, 3.8) is 0 Å². The van der Waals surface area contributed by atoms with Gasteiger partial charge in [0.2, 0.25) is 0 Å². The van der Waals surface area contributed by atoms with Gasteiger partial charge in [-0.05, 0) is 47.7 Å². The van der Waals surface area contributed by atoms with Crippen molar-refractivity contribution in [2.45, 2.75) is 63.3 Å². The van der Waals surface area contributed by atoms with Crippen molar-refractivity contribution in [1.82, 2.24) is 20.9 Å². The molecule has 0 radical (unpaired) electrons. The molecule has 5 heteroatoms. The summed E-state index contributed by atoms with van der Waals surface area (Å²) in [7, 11) is 5.10. The van der Waals surface area contributed by atoms with Crippen LogP contribution >= 0.6 is 0 Å². The normalized spacial score (nSPS) is 29.5. The summed E-state index contributed by atoms with van der Waals surface area (Å²) in [6, 6.07) is 0. The van der Waals surface area contributed by atoms with Crippen molar-refractivity contribution >= 4 is 10.4 Å². The number of hydrogen-bond donors (Lipinski definition) is 4. The summed E-state index contributed by atoms with van der Waals surface area (Å²) in [6.07, 6.45) is 4.87. The monoisotopic (exact) mass is 258 g/mol. The highest BCUT2D eigenvalue weighted by Gasteiger charge is 2.51. The molecule has 0 spiro atoms. The van der Waals surface area contributed by atoms with Gasteiger partial charge in [-0.25, -0.2) is 0 Å². The van der Waals surface area contributed by atoms with Gasteiger partial charge in [-0.1, -0.05) is 12.8 Å². The van der Waals surface area contributed by atoms with Crippen LogP contribution < -0.4 is 20.9 Å². The molecular formula is C12H30N4Si. The second-order valence-electron chi connectivity index (χ2n) is 6.14. The van der Waals surface area contributed by atoms with Crippen LogP contribution in [0.2, 0.25) is 0 Å². The van der Waals surface area contributed by atoms with Crippen molar-refractivity contribution < 1.29 is 0 Å². The molecule has 0 bridgehead atoms. The van der Waals surface area contributed by atoms with E-state index in [0.717, 1.165) is 23.2 Å². The van der Waals surface area contributed by atoms with Crippen LogP contribution in [0.3, 0.4) is 0 Å². The molecule has 0 aromatic heterocycles. The molecule has 0 saturated heterocycles. The Kier molecular flexibility index (Phi) is 4.77. The fourth-order valence-corrected chi connectivity index (χ4v) is 4.02. The van der Waals surface area contributed by atoms with Crippen molar-refractivity contribution in [3.05, 3.63) is 0 Å². The van der Waals surface area contributed by atoms with Gasteiger partial charge in [0.1, 0.15) is 0 Å². The smallest absolute Gasteiger partial charge is 0.0999 e. The lowest BCUT2D eigenvalue weighted by Crippen LogP contribution is -2.82. The molecule has 4 N–H and O–H groups in total. The number of hydrogen-bond acceptors (Lipinski definition) is 4. The van der Waals surface area contributed by atoms with Crippen LogP contribution in [0.15, 0.2) is 0 Å². The van der Waals surface area contributed by atoms with Gasteiger partial charge in [-0.15, -0.1) is 0 Å². The van der Waals surface area contributed by atoms with Crippen LogP contribution in [0, 0.1) is 0 Å². The van der Waals surface area contributed by atoms with E-state index in [0.29, 0.717) is 0 Å². The van der Waals surface area contributed by atoms with Gasteiger partial charge in [-0.3, -0.25) is 16.0 Å². The minimum atomic E-state index is -0.0553. The molecule has 1 aliphatic carbocycles. The van der Waals surface area contributed by atoms with Crippen LogP contribution in [0.5, 0.6) is 0 Å².